The van der Waals surface area contributed by atoms with Crippen LogP contribution in [0.25, 0.3) is 22.3 Å². The fraction of sp³-hybridized carbons (Fsp3) is 0.357. The number of nitrogens with two attached hydrogens (primary N) is 1. The number of ether oxygens (including phenoxy) is 4. The van der Waals surface area contributed by atoms with Crippen LogP contribution in [-0.4, -0.2) is 147 Å². The molecule has 15 N–H and O–H groups in total. The van der Waals surface area contributed by atoms with Crippen LogP contribution in [0.2, 0.25) is 0 Å². The molecule has 12 atom stereocenters. The highest BCUT2D eigenvalue weighted by molar-refractivity contribution is 5.89. The van der Waals surface area contributed by atoms with Gasteiger partial charge < -0.3 is 95.6 Å². The number of hydrogen-bond donors (Lipinski definition) is 14. The van der Waals surface area contributed by atoms with Gasteiger partial charge in [0.25, 0.3) is 5.79 Å². The number of esters is 1. The van der Waals surface area contributed by atoms with Gasteiger partial charge in [-0.2, -0.15) is 0 Å². The maximum Gasteiger partial charge on any atom is 0.340 e. The molecule has 2 saturated heterocycles. The van der Waals surface area contributed by atoms with E-state index in [1.54, 1.807) is 30.5 Å². The molecule has 2 aromatic carbocycles. The summed E-state index contributed by atoms with van der Waals surface area (Å²) in [7, 11) is 0. The van der Waals surface area contributed by atoms with E-state index in [0.717, 1.165) is 18.2 Å². The van der Waals surface area contributed by atoms with Crippen molar-refractivity contribution >= 4 is 22.9 Å². The molecule has 4 aromatic rings. The number of aromatic amines is 1. The number of aliphatic carboxylic acids is 1. The minimum atomic E-state index is -2.75. The van der Waals surface area contributed by atoms with Crippen molar-refractivity contribution in [1.82, 2.24) is 10.3 Å². The number of aliphatic hydroxyl groups excluding tert-OH is 7. The second kappa shape index (κ2) is 17.0. The van der Waals surface area contributed by atoms with Crippen molar-refractivity contribution < 1.29 is 89.1 Å². The molecule has 0 amide bonds. The molecule has 12 unspecified atom stereocenters. The van der Waals surface area contributed by atoms with Gasteiger partial charge in [0.05, 0.1) is 6.17 Å². The fourth-order valence-corrected chi connectivity index (χ4v) is 8.20. The summed E-state index contributed by atoms with van der Waals surface area (Å²) in [5.74, 6) is -9.67. The van der Waals surface area contributed by atoms with Crippen LogP contribution in [0, 0.1) is 0 Å². The molecule has 1 spiro atoms. The van der Waals surface area contributed by atoms with E-state index in [1.165, 1.54) is 18.3 Å². The highest BCUT2D eigenvalue weighted by Gasteiger charge is 2.61. The van der Waals surface area contributed by atoms with Crippen molar-refractivity contribution in [3.63, 3.8) is 0 Å². The van der Waals surface area contributed by atoms with E-state index >= 15 is 0 Å². The third kappa shape index (κ3) is 7.64. The summed E-state index contributed by atoms with van der Waals surface area (Å²) in [6, 6.07) is 7.91. The average Bonchev–Trinajstić information content (AvgIpc) is 3.73. The Kier molecular flexibility index (Phi) is 11.8. The van der Waals surface area contributed by atoms with E-state index in [-0.39, 0.29) is 57.6 Å². The Hall–Kier alpha value is -6.31. The number of carboxylic acids is 1. The molecule has 22 heteroatoms. The minimum absolute atomic E-state index is 0.0607. The zero-order chi connectivity index (χ0) is 45.9. The van der Waals surface area contributed by atoms with Crippen LogP contribution in [0.5, 0.6) is 23.0 Å². The molecule has 8 rings (SSSR count). The van der Waals surface area contributed by atoms with Gasteiger partial charge in [0.15, 0.2) is 35.2 Å². The number of nitrogens with one attached hydrogen (secondary N) is 2. The lowest BCUT2D eigenvalue weighted by Gasteiger charge is -2.48. The van der Waals surface area contributed by atoms with E-state index in [2.05, 4.69) is 10.3 Å². The number of hydrogen-bond acceptors (Lipinski definition) is 20. The molecular weight excluding hydrogens is 850 g/mol. The third-order valence-corrected chi connectivity index (χ3v) is 11.5. The van der Waals surface area contributed by atoms with Gasteiger partial charge in [-0.1, -0.05) is 12.2 Å². The van der Waals surface area contributed by atoms with Crippen LogP contribution in [-0.2, 0) is 36.6 Å². The van der Waals surface area contributed by atoms with Gasteiger partial charge in [-0.3, -0.25) is 4.79 Å². The number of rotatable bonds is 9. The molecule has 0 saturated carbocycles. The highest BCUT2D eigenvalue weighted by atomic mass is 16.8. The lowest BCUT2D eigenvalue weighted by Crippen LogP contribution is -2.69. The molecule has 6 heterocycles. The minimum Gasteiger partial charge on any atom is -0.507 e. The van der Waals surface area contributed by atoms with Crippen LogP contribution in [0.1, 0.15) is 22.7 Å². The number of allylic oxidation sites excluding steroid dienone is 3. The van der Waals surface area contributed by atoms with Crippen LogP contribution >= 0.6 is 0 Å². The maximum absolute atomic E-state index is 14.0. The first kappa shape index (κ1) is 44.3. The number of dihydropyridines is 1. The number of fused-ring (bicyclic) bond motifs is 2. The first-order valence-corrected chi connectivity index (χ1v) is 19.7. The number of carbonyl (C=O) groups excluding carboxylic acids is 1. The van der Waals surface area contributed by atoms with Crippen molar-refractivity contribution in [2.24, 2.45) is 5.73 Å². The normalized spacial score (nSPS) is 31.3. The van der Waals surface area contributed by atoms with Gasteiger partial charge in [-0.25, -0.2) is 9.59 Å². The van der Waals surface area contributed by atoms with Gasteiger partial charge in [-0.05, 0) is 42.3 Å². The first-order chi connectivity index (χ1) is 30.4. The van der Waals surface area contributed by atoms with Gasteiger partial charge in [0.1, 0.15) is 58.7 Å². The average molecular weight is 894 g/mol. The number of aromatic hydroxyl groups is 3. The number of carbonyl (C=O) groups is 2. The van der Waals surface area contributed by atoms with Crippen molar-refractivity contribution in [3.8, 4) is 34.3 Å². The van der Waals surface area contributed by atoms with Gasteiger partial charge in [-0.15, -0.1) is 0 Å². The largest absolute Gasteiger partial charge is 0.507 e. The van der Waals surface area contributed by atoms with Crippen molar-refractivity contribution in [3.05, 3.63) is 105 Å². The smallest absolute Gasteiger partial charge is 0.340 e. The number of aliphatic hydroxyl groups is 7. The zero-order valence-electron chi connectivity index (χ0n) is 33.1. The van der Waals surface area contributed by atoms with Crippen LogP contribution in [0.4, 0.5) is 0 Å². The number of carboxylic acid groups (broad SMARTS) is 1. The molecule has 0 radical (unpaired) electrons. The molecule has 340 valence electrons. The van der Waals surface area contributed by atoms with Crippen LogP contribution < -0.4 is 21.2 Å². The van der Waals surface area contributed by atoms with E-state index in [1.807, 2.05) is 0 Å². The molecule has 64 heavy (non-hydrogen) atoms. The molecule has 0 aliphatic carbocycles. The van der Waals surface area contributed by atoms with Crippen molar-refractivity contribution in [2.45, 2.75) is 85.8 Å². The maximum atomic E-state index is 14.0. The molecule has 0 bridgehead atoms. The van der Waals surface area contributed by atoms with E-state index in [0.29, 0.717) is 11.3 Å². The lowest BCUT2D eigenvalue weighted by molar-refractivity contribution is -0.325. The van der Waals surface area contributed by atoms with E-state index < -0.39 is 114 Å². The quantitative estimate of drug-likeness (QED) is 0.0492. The summed E-state index contributed by atoms with van der Waals surface area (Å²) >= 11 is 0. The van der Waals surface area contributed by atoms with Gasteiger partial charge in [0.2, 0.25) is 6.29 Å². The first-order valence-electron chi connectivity index (χ1n) is 19.7. The number of H-pyrrole nitrogens is 1. The van der Waals surface area contributed by atoms with Gasteiger partial charge >= 0.3 is 11.9 Å². The fourth-order valence-electron chi connectivity index (χ4n) is 8.20. The summed E-state index contributed by atoms with van der Waals surface area (Å²) in [4.78, 5) is 42.7. The summed E-state index contributed by atoms with van der Waals surface area (Å²) < 4.78 is 29.2. The van der Waals surface area contributed by atoms with Crippen molar-refractivity contribution in [2.75, 3.05) is 6.61 Å². The number of phenolic OH excluding ortho intramolecular Hbond substituents is 3. The Labute approximate surface area is 359 Å². The predicted octanol–water partition coefficient (Wildman–Crippen LogP) is -1.97. The highest BCUT2D eigenvalue weighted by Crippen LogP contribution is 2.52. The monoisotopic (exact) mass is 893 g/mol. The Bertz CT molecular complexity index is 2630. The van der Waals surface area contributed by atoms with Crippen molar-refractivity contribution in [1.29, 1.82) is 0 Å². The zero-order valence-corrected chi connectivity index (χ0v) is 33.1. The molecule has 4 aliphatic heterocycles. The summed E-state index contributed by atoms with van der Waals surface area (Å²) in [5, 5.41) is 121. The summed E-state index contributed by atoms with van der Waals surface area (Å²) in [6.45, 7) is -0.404. The molecule has 2 fully saturated rings. The number of benzene rings is 2. The predicted molar refractivity (Wildman–Crippen MR) is 214 cm³/mol. The topological polar surface area (TPSA) is 378 Å². The van der Waals surface area contributed by atoms with Crippen LogP contribution in [0.3, 0.4) is 0 Å². The second-order valence-electron chi connectivity index (χ2n) is 15.6. The standard InChI is InChI=1S/C42H43N3O19/c43-26-4-3-16(14-45-26)20-11-18(10-19-2-1-6-44-19)42(38(56)34(54)33(53)37(64-42)40(59)62-41-35(55)31(51)32(52)36(61-41)39(57)58)63-25-13-24-28(30(50)27(20)25)21(47)12-23(60-24)17-8-15(5-7-46)29(49)22(48)9-17/h1-4,6,8-9,11-14,20,26,31-38,41,44-46,48-56H,5,7,10,43H2,(H,57,58). The Morgan fingerprint density at radius 2 is 1.67 bits per heavy atom. The number of aromatic nitrogens is 1. The summed E-state index contributed by atoms with van der Waals surface area (Å²) in [5.41, 5.74) is 5.75. The second-order valence-corrected chi connectivity index (χ2v) is 15.6. The lowest BCUT2D eigenvalue weighted by atomic mass is 9.82. The Morgan fingerprint density at radius 1 is 0.922 bits per heavy atom. The molecule has 2 aromatic heterocycles. The Balaban J connectivity index is 1.31. The van der Waals surface area contributed by atoms with E-state index in [4.69, 9.17) is 29.1 Å². The van der Waals surface area contributed by atoms with Gasteiger partial charge in [0, 0.05) is 71.4 Å². The Morgan fingerprint density at radius 3 is 2.34 bits per heavy atom. The van der Waals surface area contributed by atoms with Crippen LogP contribution in [0.15, 0.2) is 87.4 Å². The molecule has 22 nitrogen and oxygen atoms in total. The third-order valence-electron chi connectivity index (χ3n) is 11.5. The molecular formula is C42H43N3O19. The molecule has 4 aliphatic rings. The summed E-state index contributed by atoms with van der Waals surface area (Å²) in [6.07, 6.45) is -13.6. The number of phenols is 3. The SMILES string of the molecule is NC1C=CC(C2C=C(Cc3ccc[nH]3)C3(Oc4cc5oc(-c6cc(O)c(O)c(CCO)c6)cc(=O)c5c(O)c42)OC(C(=O)OC2OC(C(=O)O)C(O)C(O)C2O)C(O)C(O)C3O)=CN1. The van der Waals surface area contributed by atoms with E-state index in [9.17, 15) is 70.6 Å².